The fourth-order valence-electron chi connectivity index (χ4n) is 2.56. The highest BCUT2D eigenvalue weighted by atomic mass is 19.1. The van der Waals surface area contributed by atoms with Gasteiger partial charge in [0.05, 0.1) is 5.56 Å². The maximum absolute atomic E-state index is 13.9. The topological polar surface area (TPSA) is 51.4 Å². The SMILES string of the molecule is O=C1c2cccc(F)c2C(=O)c2c1nc1ccccn21. The molecule has 1 aliphatic carbocycles. The van der Waals surface area contributed by atoms with Crippen molar-refractivity contribution in [2.24, 2.45) is 0 Å². The van der Waals surface area contributed by atoms with Crippen LogP contribution in [0.25, 0.3) is 5.65 Å². The first kappa shape index (κ1) is 11.0. The van der Waals surface area contributed by atoms with Crippen LogP contribution >= 0.6 is 0 Å². The van der Waals surface area contributed by atoms with Crippen molar-refractivity contribution in [2.75, 3.05) is 0 Å². The van der Waals surface area contributed by atoms with Gasteiger partial charge < -0.3 is 0 Å². The zero-order valence-electron chi connectivity index (χ0n) is 10.1. The molecule has 96 valence electrons. The maximum Gasteiger partial charge on any atom is 0.215 e. The Balaban J connectivity index is 2.14. The molecule has 0 amide bonds. The highest BCUT2D eigenvalue weighted by Crippen LogP contribution is 2.29. The Hall–Kier alpha value is -2.82. The number of aromatic nitrogens is 2. The molecule has 2 aromatic heterocycles. The second-order valence-corrected chi connectivity index (χ2v) is 4.56. The minimum atomic E-state index is -0.683. The molecule has 0 radical (unpaired) electrons. The van der Waals surface area contributed by atoms with Crippen molar-refractivity contribution in [1.82, 2.24) is 9.38 Å². The first-order valence-corrected chi connectivity index (χ1v) is 6.03. The number of rotatable bonds is 0. The van der Waals surface area contributed by atoms with Gasteiger partial charge in [-0.3, -0.25) is 14.0 Å². The van der Waals surface area contributed by atoms with Crippen molar-refractivity contribution >= 4 is 17.2 Å². The van der Waals surface area contributed by atoms with E-state index in [0.717, 1.165) is 0 Å². The molecule has 20 heavy (non-hydrogen) atoms. The second kappa shape index (κ2) is 3.60. The van der Waals surface area contributed by atoms with Gasteiger partial charge in [-0.1, -0.05) is 18.2 Å². The zero-order valence-corrected chi connectivity index (χ0v) is 10.1. The molecule has 0 atom stereocenters. The van der Waals surface area contributed by atoms with Gasteiger partial charge in [-0.05, 0) is 18.2 Å². The van der Waals surface area contributed by atoms with Gasteiger partial charge in [-0.2, -0.15) is 0 Å². The number of benzene rings is 1. The molecule has 2 heterocycles. The summed E-state index contributed by atoms with van der Waals surface area (Å²) < 4.78 is 15.4. The van der Waals surface area contributed by atoms with Crippen LogP contribution in [0, 0.1) is 5.82 Å². The number of ketones is 2. The van der Waals surface area contributed by atoms with Crippen molar-refractivity contribution < 1.29 is 14.0 Å². The van der Waals surface area contributed by atoms with Crippen LogP contribution in [0.2, 0.25) is 0 Å². The lowest BCUT2D eigenvalue weighted by molar-refractivity contribution is 0.0969. The summed E-state index contributed by atoms with van der Waals surface area (Å²) in [6.07, 6.45) is 1.64. The maximum atomic E-state index is 13.9. The minimum absolute atomic E-state index is 0.0749. The number of fused-ring (bicyclic) bond motifs is 4. The summed E-state index contributed by atoms with van der Waals surface area (Å²) in [6, 6.07) is 9.23. The van der Waals surface area contributed by atoms with Gasteiger partial charge in [-0.15, -0.1) is 0 Å². The van der Waals surface area contributed by atoms with Gasteiger partial charge in [0, 0.05) is 11.8 Å². The molecule has 0 N–H and O–H groups in total. The summed E-state index contributed by atoms with van der Waals surface area (Å²) in [6.45, 7) is 0. The predicted molar refractivity (Wildman–Crippen MR) is 68.5 cm³/mol. The van der Waals surface area contributed by atoms with Crippen LogP contribution in [-0.4, -0.2) is 21.0 Å². The Bertz CT molecular complexity index is 911. The summed E-state index contributed by atoms with van der Waals surface area (Å²) in [5.41, 5.74) is 0.608. The number of imidazole rings is 1. The van der Waals surface area contributed by atoms with Gasteiger partial charge >= 0.3 is 0 Å². The fraction of sp³-hybridized carbons (Fsp3) is 0. The first-order valence-electron chi connectivity index (χ1n) is 6.03. The Kier molecular flexibility index (Phi) is 1.99. The third-order valence-corrected chi connectivity index (χ3v) is 3.45. The largest absolute Gasteiger partial charge is 0.296 e. The lowest BCUT2D eigenvalue weighted by Gasteiger charge is -2.14. The van der Waals surface area contributed by atoms with E-state index in [9.17, 15) is 14.0 Å². The molecule has 0 spiro atoms. The van der Waals surface area contributed by atoms with Crippen molar-refractivity contribution in [1.29, 1.82) is 0 Å². The van der Waals surface area contributed by atoms with Crippen LogP contribution in [0.1, 0.15) is 32.1 Å². The minimum Gasteiger partial charge on any atom is -0.296 e. The third-order valence-electron chi connectivity index (χ3n) is 3.45. The lowest BCUT2D eigenvalue weighted by atomic mass is 9.90. The first-order chi connectivity index (χ1) is 9.68. The second-order valence-electron chi connectivity index (χ2n) is 4.56. The molecule has 0 bridgehead atoms. The summed E-state index contributed by atoms with van der Waals surface area (Å²) in [5.74, 6) is -1.61. The molecule has 0 fully saturated rings. The smallest absolute Gasteiger partial charge is 0.215 e. The van der Waals surface area contributed by atoms with Crippen molar-refractivity contribution in [3.63, 3.8) is 0 Å². The summed E-state index contributed by atoms with van der Waals surface area (Å²) in [4.78, 5) is 29.1. The Morgan fingerprint density at radius 2 is 1.85 bits per heavy atom. The Morgan fingerprint density at radius 1 is 1.00 bits per heavy atom. The molecule has 4 rings (SSSR count). The monoisotopic (exact) mass is 266 g/mol. The number of carbonyl (C=O) groups excluding carboxylic acids is 2. The number of hydrogen-bond acceptors (Lipinski definition) is 3. The van der Waals surface area contributed by atoms with Crippen LogP contribution in [0.3, 0.4) is 0 Å². The van der Waals surface area contributed by atoms with Crippen LogP contribution in [0.4, 0.5) is 4.39 Å². The molecule has 1 aliphatic rings. The van der Waals surface area contributed by atoms with E-state index >= 15 is 0 Å². The molecule has 0 unspecified atom stereocenters. The van der Waals surface area contributed by atoms with Gasteiger partial charge in [0.2, 0.25) is 11.6 Å². The van der Waals surface area contributed by atoms with Crippen LogP contribution < -0.4 is 0 Å². The average Bonchev–Trinajstić information content (AvgIpc) is 2.84. The van der Waals surface area contributed by atoms with Gasteiger partial charge in [-0.25, -0.2) is 9.37 Å². The Morgan fingerprint density at radius 3 is 2.70 bits per heavy atom. The summed E-state index contributed by atoms with van der Waals surface area (Å²) in [7, 11) is 0. The highest BCUT2D eigenvalue weighted by Gasteiger charge is 2.35. The lowest BCUT2D eigenvalue weighted by Crippen LogP contribution is -2.23. The van der Waals surface area contributed by atoms with Crippen molar-refractivity contribution in [3.8, 4) is 0 Å². The molecule has 4 nitrogen and oxygen atoms in total. The fourth-order valence-corrected chi connectivity index (χ4v) is 2.56. The van der Waals surface area contributed by atoms with E-state index in [-0.39, 0.29) is 22.5 Å². The van der Waals surface area contributed by atoms with E-state index in [4.69, 9.17) is 0 Å². The molecule has 1 aromatic carbocycles. The summed E-state index contributed by atoms with van der Waals surface area (Å²) >= 11 is 0. The van der Waals surface area contributed by atoms with Crippen LogP contribution in [-0.2, 0) is 0 Å². The standard InChI is InChI=1S/C15H7FN2O2/c16-9-5-3-4-8-11(9)15(20)13-12(14(8)19)17-10-6-1-2-7-18(10)13/h1-7H. The quantitative estimate of drug-likeness (QED) is 0.490. The molecule has 0 saturated carbocycles. The van der Waals surface area contributed by atoms with Crippen LogP contribution in [0.5, 0.6) is 0 Å². The molecular weight excluding hydrogens is 259 g/mol. The van der Waals surface area contributed by atoms with E-state index < -0.39 is 17.4 Å². The molecule has 0 aliphatic heterocycles. The van der Waals surface area contributed by atoms with E-state index in [2.05, 4.69) is 4.98 Å². The molecule has 5 heteroatoms. The predicted octanol–water partition coefficient (Wildman–Crippen LogP) is 2.25. The van der Waals surface area contributed by atoms with Crippen molar-refractivity contribution in [3.05, 3.63) is 70.9 Å². The molecular formula is C15H7FN2O2. The van der Waals surface area contributed by atoms with Crippen molar-refractivity contribution in [2.45, 2.75) is 0 Å². The summed E-state index contributed by atoms with van der Waals surface area (Å²) in [5, 5.41) is 0. The van der Waals surface area contributed by atoms with Gasteiger partial charge in [0.1, 0.15) is 22.9 Å². The number of hydrogen-bond donors (Lipinski definition) is 0. The highest BCUT2D eigenvalue weighted by molar-refractivity contribution is 6.27. The average molecular weight is 266 g/mol. The normalized spacial score (nSPS) is 13.4. The molecule has 3 aromatic rings. The number of nitrogens with zero attached hydrogens (tertiary/aromatic N) is 2. The number of halogens is 1. The van der Waals surface area contributed by atoms with Gasteiger partial charge in [0.15, 0.2) is 0 Å². The molecule has 0 saturated heterocycles. The van der Waals surface area contributed by atoms with E-state index in [1.165, 1.54) is 22.6 Å². The van der Waals surface area contributed by atoms with Crippen LogP contribution in [0.15, 0.2) is 42.6 Å². The number of carbonyl (C=O) groups is 2. The third kappa shape index (κ3) is 1.21. The number of pyridine rings is 1. The van der Waals surface area contributed by atoms with E-state index in [0.29, 0.717) is 5.65 Å². The Labute approximate surface area is 112 Å². The zero-order chi connectivity index (χ0) is 13.9. The van der Waals surface area contributed by atoms with E-state index in [1.807, 2.05) is 0 Å². The van der Waals surface area contributed by atoms with E-state index in [1.54, 1.807) is 24.4 Å². The van der Waals surface area contributed by atoms with Gasteiger partial charge in [0.25, 0.3) is 0 Å².